The minimum Gasteiger partial charge on any atom is -0.482 e. The topological polar surface area (TPSA) is 132 Å². The van der Waals surface area contributed by atoms with Crippen LogP contribution in [0.1, 0.15) is 27.2 Å². The van der Waals surface area contributed by atoms with Crippen molar-refractivity contribution in [2.75, 3.05) is 11.5 Å². The molecule has 0 radical (unpaired) electrons. The van der Waals surface area contributed by atoms with Crippen LogP contribution in [-0.4, -0.2) is 53.2 Å². The molecule has 12 nitrogen and oxygen atoms in total. The predicted octanol–water partition coefficient (Wildman–Crippen LogP) is 3.29. The fourth-order valence-corrected chi connectivity index (χ4v) is 4.92. The number of nitrogens with zero attached hydrogens (tertiary/aromatic N) is 8. The van der Waals surface area contributed by atoms with E-state index in [1.54, 1.807) is 27.7 Å². The molecule has 0 atom stereocenters. The van der Waals surface area contributed by atoms with Crippen molar-refractivity contribution in [2.45, 2.75) is 19.6 Å². The molecular weight excluding hydrogens is 546 g/mol. The van der Waals surface area contributed by atoms with Gasteiger partial charge in [0.05, 0.1) is 25.0 Å². The summed E-state index contributed by atoms with van der Waals surface area (Å²) in [6.45, 7) is 1.07. The fourth-order valence-electron chi connectivity index (χ4n) is 4.92. The largest absolute Gasteiger partial charge is 0.482 e. The highest BCUT2D eigenvalue weighted by Gasteiger charge is 2.26. The van der Waals surface area contributed by atoms with Gasteiger partial charge in [-0.1, -0.05) is 66.7 Å². The quantitative estimate of drug-likeness (QED) is 0.294. The van der Waals surface area contributed by atoms with Crippen LogP contribution in [0.3, 0.4) is 0 Å². The van der Waals surface area contributed by atoms with E-state index in [2.05, 4.69) is 30.8 Å². The zero-order valence-corrected chi connectivity index (χ0v) is 22.9. The van der Waals surface area contributed by atoms with Crippen LogP contribution in [0.25, 0.3) is 17.2 Å². The number of amides is 2. The molecule has 0 spiro atoms. The number of hydrogen-bond acceptors (Lipinski definition) is 8. The van der Waals surface area contributed by atoms with Crippen molar-refractivity contribution >= 4 is 23.1 Å². The standard InChI is InChI=1S/C31H25N9O3/c41-29-20-43-27-12-11-23(15-25(27)38(29)18-21-7-3-1-4-8-21)17-32-31(42)24-16-26(40-28(34-24)13-14-33-40)30-35-37-39(36-30)19-22-9-5-2-6-10-22/h1-16H,17-20H2,(H,32,42). The van der Waals surface area contributed by atoms with Crippen LogP contribution in [0.2, 0.25) is 0 Å². The van der Waals surface area contributed by atoms with E-state index >= 15 is 0 Å². The summed E-state index contributed by atoms with van der Waals surface area (Å²) in [6, 6.07) is 28.4. The summed E-state index contributed by atoms with van der Waals surface area (Å²) < 4.78 is 7.23. The fraction of sp³-hybridized carbons (Fsp3) is 0.129. The van der Waals surface area contributed by atoms with Crippen molar-refractivity contribution < 1.29 is 14.3 Å². The van der Waals surface area contributed by atoms with Crippen LogP contribution in [0.5, 0.6) is 5.75 Å². The van der Waals surface area contributed by atoms with Gasteiger partial charge in [-0.2, -0.15) is 9.90 Å². The van der Waals surface area contributed by atoms with E-state index in [0.717, 1.165) is 16.7 Å². The lowest BCUT2D eigenvalue weighted by atomic mass is 10.1. The van der Waals surface area contributed by atoms with Gasteiger partial charge in [-0.3, -0.25) is 9.59 Å². The molecular formula is C31H25N9O3. The SMILES string of the molecule is O=C(NCc1ccc2c(c1)N(Cc1ccccc1)C(=O)CO2)c1cc(-c2nnn(Cc3ccccc3)n2)n2nccc2n1. The number of aromatic nitrogens is 7. The molecule has 3 aromatic carbocycles. The second kappa shape index (κ2) is 11.2. The Bertz CT molecular complexity index is 1940. The summed E-state index contributed by atoms with van der Waals surface area (Å²) in [5, 5.41) is 20.2. The molecule has 212 valence electrons. The number of carbonyl (C=O) groups excluding carboxylic acids is 2. The lowest BCUT2D eigenvalue weighted by Crippen LogP contribution is -2.38. The van der Waals surface area contributed by atoms with Crippen molar-refractivity contribution in [1.82, 2.24) is 40.1 Å². The number of carbonyl (C=O) groups is 2. The van der Waals surface area contributed by atoms with Gasteiger partial charge in [0.25, 0.3) is 11.8 Å². The Morgan fingerprint density at radius 3 is 2.44 bits per heavy atom. The van der Waals surface area contributed by atoms with Crippen LogP contribution in [-0.2, 0) is 24.4 Å². The van der Waals surface area contributed by atoms with Crippen LogP contribution >= 0.6 is 0 Å². The summed E-state index contributed by atoms with van der Waals surface area (Å²) in [5.74, 6) is 0.431. The molecule has 0 saturated carbocycles. The molecule has 2 amide bonds. The van der Waals surface area contributed by atoms with E-state index in [9.17, 15) is 9.59 Å². The molecule has 0 saturated heterocycles. The van der Waals surface area contributed by atoms with Crippen molar-refractivity contribution in [3.8, 4) is 17.3 Å². The summed E-state index contributed by atoms with van der Waals surface area (Å²) in [5.41, 5.74) is 4.66. The Balaban J connectivity index is 1.10. The van der Waals surface area contributed by atoms with Gasteiger partial charge < -0.3 is 15.0 Å². The third-order valence-electron chi connectivity index (χ3n) is 7.04. The number of nitrogens with one attached hydrogen (secondary N) is 1. The summed E-state index contributed by atoms with van der Waals surface area (Å²) in [7, 11) is 0. The average molecular weight is 572 g/mol. The third kappa shape index (κ3) is 5.40. The number of fused-ring (bicyclic) bond motifs is 2. The van der Waals surface area contributed by atoms with E-state index in [-0.39, 0.29) is 30.7 Å². The lowest BCUT2D eigenvalue weighted by Gasteiger charge is -2.30. The Morgan fingerprint density at radius 1 is 0.884 bits per heavy atom. The molecule has 4 heterocycles. The number of tetrazole rings is 1. The molecule has 1 aliphatic rings. The number of ether oxygens (including phenoxy) is 1. The molecule has 43 heavy (non-hydrogen) atoms. The molecule has 0 aliphatic carbocycles. The van der Waals surface area contributed by atoms with Gasteiger partial charge in [0.2, 0.25) is 5.82 Å². The van der Waals surface area contributed by atoms with Gasteiger partial charge in [0.1, 0.15) is 17.1 Å². The summed E-state index contributed by atoms with van der Waals surface area (Å²) in [4.78, 5) is 33.7. The molecule has 1 N–H and O–H groups in total. The molecule has 6 aromatic rings. The molecule has 12 heteroatoms. The Hall–Kier alpha value is -5.91. The van der Waals surface area contributed by atoms with Gasteiger partial charge in [0.15, 0.2) is 12.3 Å². The highest BCUT2D eigenvalue weighted by molar-refractivity contribution is 5.98. The van der Waals surface area contributed by atoms with Crippen LogP contribution in [0.15, 0.2) is 97.2 Å². The number of hydrogen-bond donors (Lipinski definition) is 1. The Kier molecular flexibility index (Phi) is 6.76. The molecule has 0 bridgehead atoms. The maximum absolute atomic E-state index is 13.3. The minimum atomic E-state index is -0.382. The van der Waals surface area contributed by atoms with Crippen LogP contribution < -0.4 is 15.0 Å². The maximum atomic E-state index is 13.3. The van der Waals surface area contributed by atoms with Crippen molar-refractivity contribution in [3.05, 3.63) is 120 Å². The van der Waals surface area contributed by atoms with Crippen molar-refractivity contribution in [1.29, 1.82) is 0 Å². The van der Waals surface area contributed by atoms with Crippen molar-refractivity contribution in [3.63, 3.8) is 0 Å². The molecule has 3 aromatic heterocycles. The van der Waals surface area contributed by atoms with Gasteiger partial charge in [0, 0.05) is 12.6 Å². The van der Waals surface area contributed by atoms with Crippen LogP contribution in [0, 0.1) is 0 Å². The lowest BCUT2D eigenvalue weighted by molar-refractivity contribution is -0.121. The summed E-state index contributed by atoms with van der Waals surface area (Å²) in [6.07, 6.45) is 1.60. The van der Waals surface area contributed by atoms with Gasteiger partial charge in [-0.15, -0.1) is 10.2 Å². The normalized spacial score (nSPS) is 12.7. The van der Waals surface area contributed by atoms with E-state index in [4.69, 9.17) is 4.74 Å². The number of anilines is 1. The molecule has 0 unspecified atom stereocenters. The predicted molar refractivity (Wildman–Crippen MR) is 156 cm³/mol. The average Bonchev–Trinajstić information content (AvgIpc) is 3.72. The first kappa shape index (κ1) is 26.0. The molecule has 1 aliphatic heterocycles. The van der Waals surface area contributed by atoms with E-state index in [1.807, 2.05) is 78.9 Å². The van der Waals surface area contributed by atoms with Gasteiger partial charge in [-0.25, -0.2) is 9.50 Å². The second-order valence-corrected chi connectivity index (χ2v) is 10.00. The van der Waals surface area contributed by atoms with E-state index < -0.39 is 0 Å². The van der Waals surface area contributed by atoms with Gasteiger partial charge in [-0.05, 0) is 40.1 Å². The van der Waals surface area contributed by atoms with E-state index in [0.29, 0.717) is 41.7 Å². The molecule has 0 fully saturated rings. The maximum Gasteiger partial charge on any atom is 0.270 e. The Morgan fingerprint density at radius 2 is 1.65 bits per heavy atom. The monoisotopic (exact) mass is 571 g/mol. The highest BCUT2D eigenvalue weighted by atomic mass is 16.5. The van der Waals surface area contributed by atoms with E-state index in [1.165, 1.54) is 4.80 Å². The Labute approximate surface area is 245 Å². The summed E-state index contributed by atoms with van der Waals surface area (Å²) >= 11 is 0. The van der Waals surface area contributed by atoms with Crippen LogP contribution in [0.4, 0.5) is 5.69 Å². The third-order valence-corrected chi connectivity index (χ3v) is 7.04. The second-order valence-electron chi connectivity index (χ2n) is 10.00. The first-order chi connectivity index (χ1) is 21.1. The first-order valence-corrected chi connectivity index (χ1v) is 13.7. The highest BCUT2D eigenvalue weighted by Crippen LogP contribution is 2.34. The smallest absolute Gasteiger partial charge is 0.270 e. The van der Waals surface area contributed by atoms with Crippen molar-refractivity contribution in [2.24, 2.45) is 0 Å². The number of rotatable bonds is 8. The minimum absolute atomic E-state index is 0.0180. The number of benzene rings is 3. The molecule has 7 rings (SSSR count). The van der Waals surface area contributed by atoms with Gasteiger partial charge >= 0.3 is 0 Å². The zero-order valence-electron chi connectivity index (χ0n) is 22.9. The first-order valence-electron chi connectivity index (χ1n) is 13.7. The zero-order chi connectivity index (χ0) is 29.2.